The van der Waals surface area contributed by atoms with Gasteiger partial charge in [0.15, 0.2) is 0 Å². The monoisotopic (exact) mass is 334 g/mol. The molecule has 0 fully saturated rings. The van der Waals surface area contributed by atoms with E-state index in [0.717, 1.165) is 19.4 Å². The number of rotatable bonds is 5. The molecule has 1 N–H and O–H groups in total. The third-order valence-electron chi connectivity index (χ3n) is 4.24. The van der Waals surface area contributed by atoms with Crippen LogP contribution in [0, 0.1) is 0 Å². The molecule has 3 rings (SSSR count). The second-order valence-corrected chi connectivity index (χ2v) is 7.79. The van der Waals surface area contributed by atoms with Gasteiger partial charge in [-0.15, -0.1) is 22.7 Å². The van der Waals surface area contributed by atoms with Crippen molar-refractivity contribution in [2.45, 2.75) is 38.8 Å². The molecule has 1 amide bonds. The fourth-order valence-electron chi connectivity index (χ4n) is 2.93. The van der Waals surface area contributed by atoms with Crippen molar-refractivity contribution in [2.24, 2.45) is 0 Å². The fraction of sp³-hybridized carbons (Fsp3) is 0.471. The van der Waals surface area contributed by atoms with E-state index in [2.05, 4.69) is 53.0 Å². The van der Waals surface area contributed by atoms with Crippen molar-refractivity contribution in [2.75, 3.05) is 13.1 Å². The largest absolute Gasteiger partial charge is 0.353 e. The third kappa shape index (κ3) is 3.26. The predicted molar refractivity (Wildman–Crippen MR) is 93.7 cm³/mol. The summed E-state index contributed by atoms with van der Waals surface area (Å²) in [4.78, 5) is 17.4. The normalized spacial score (nSPS) is 19.6. The number of hydrogen-bond donors (Lipinski definition) is 1. The Morgan fingerprint density at radius 2 is 2.27 bits per heavy atom. The van der Waals surface area contributed by atoms with Gasteiger partial charge in [0.25, 0.3) is 0 Å². The van der Waals surface area contributed by atoms with E-state index in [0.29, 0.717) is 6.54 Å². The number of carbonyl (C=O) groups excluding carboxylic acids is 1. The molecule has 2 aromatic rings. The lowest BCUT2D eigenvalue weighted by Gasteiger charge is -2.35. The van der Waals surface area contributed by atoms with E-state index in [-0.39, 0.29) is 18.0 Å². The van der Waals surface area contributed by atoms with E-state index >= 15 is 0 Å². The van der Waals surface area contributed by atoms with Crippen LogP contribution in [0.3, 0.4) is 0 Å². The molecule has 0 saturated heterocycles. The third-order valence-corrected chi connectivity index (χ3v) is 6.17. The summed E-state index contributed by atoms with van der Waals surface area (Å²) >= 11 is 3.62. The van der Waals surface area contributed by atoms with Crippen molar-refractivity contribution in [1.29, 1.82) is 0 Å². The first-order valence-corrected chi connectivity index (χ1v) is 9.58. The van der Waals surface area contributed by atoms with Crippen molar-refractivity contribution in [1.82, 2.24) is 10.2 Å². The Labute approximate surface area is 140 Å². The molecule has 0 spiro atoms. The maximum atomic E-state index is 12.3. The quantitative estimate of drug-likeness (QED) is 0.905. The molecular formula is C17H22N2OS2. The molecule has 1 aliphatic rings. The Bertz CT molecular complexity index is 620. The molecule has 0 bridgehead atoms. The number of hydrogen-bond acceptors (Lipinski definition) is 4. The van der Waals surface area contributed by atoms with Gasteiger partial charge in [-0.05, 0) is 48.2 Å². The first-order valence-electron chi connectivity index (χ1n) is 7.82. The summed E-state index contributed by atoms with van der Waals surface area (Å²) in [5.41, 5.74) is 1.38. The van der Waals surface area contributed by atoms with Crippen LogP contribution in [0.2, 0.25) is 0 Å². The summed E-state index contributed by atoms with van der Waals surface area (Å²) in [6.07, 6.45) is 2.01. The van der Waals surface area contributed by atoms with Gasteiger partial charge in [0.05, 0.1) is 12.6 Å². The molecule has 22 heavy (non-hydrogen) atoms. The molecule has 5 heteroatoms. The summed E-state index contributed by atoms with van der Waals surface area (Å²) in [6, 6.07) is 6.98. The molecule has 2 atom stereocenters. The predicted octanol–water partition coefficient (Wildman–Crippen LogP) is 3.67. The van der Waals surface area contributed by atoms with E-state index in [4.69, 9.17) is 0 Å². The van der Waals surface area contributed by atoms with Crippen molar-refractivity contribution < 1.29 is 4.79 Å². The van der Waals surface area contributed by atoms with Crippen LogP contribution in [-0.2, 0) is 11.2 Å². The molecular weight excluding hydrogens is 312 g/mol. The molecule has 0 unspecified atom stereocenters. The molecule has 0 radical (unpaired) electrons. The Hall–Kier alpha value is -1.17. The first kappa shape index (κ1) is 15.7. The Balaban J connectivity index is 1.80. The first-order chi connectivity index (χ1) is 10.7. The molecule has 0 aliphatic carbocycles. The van der Waals surface area contributed by atoms with Crippen molar-refractivity contribution in [3.05, 3.63) is 44.3 Å². The minimum Gasteiger partial charge on any atom is -0.353 e. The van der Waals surface area contributed by atoms with Crippen molar-refractivity contribution in [3.8, 4) is 0 Å². The highest BCUT2D eigenvalue weighted by Gasteiger charge is 2.31. The molecule has 3 heterocycles. The van der Waals surface area contributed by atoms with Crippen LogP contribution in [0.4, 0.5) is 0 Å². The van der Waals surface area contributed by atoms with Crippen LogP contribution in [-0.4, -0.2) is 29.9 Å². The molecule has 3 nitrogen and oxygen atoms in total. The topological polar surface area (TPSA) is 32.3 Å². The Kier molecular flexibility index (Phi) is 4.96. The van der Waals surface area contributed by atoms with Crippen LogP contribution in [0.1, 0.15) is 41.6 Å². The van der Waals surface area contributed by atoms with E-state index in [1.165, 1.54) is 15.3 Å². The van der Waals surface area contributed by atoms with Gasteiger partial charge in [0.2, 0.25) is 5.91 Å². The number of amides is 1. The Morgan fingerprint density at radius 3 is 3.00 bits per heavy atom. The molecule has 0 aromatic carbocycles. The van der Waals surface area contributed by atoms with E-state index in [9.17, 15) is 4.79 Å². The van der Waals surface area contributed by atoms with Crippen molar-refractivity contribution >= 4 is 28.6 Å². The average molecular weight is 335 g/mol. The van der Waals surface area contributed by atoms with E-state index in [1.54, 1.807) is 11.3 Å². The van der Waals surface area contributed by atoms with Gasteiger partial charge in [0.1, 0.15) is 0 Å². The zero-order valence-electron chi connectivity index (χ0n) is 13.0. The van der Waals surface area contributed by atoms with Gasteiger partial charge in [-0.25, -0.2) is 0 Å². The van der Waals surface area contributed by atoms with Gasteiger partial charge in [-0.1, -0.05) is 13.0 Å². The van der Waals surface area contributed by atoms with Crippen LogP contribution in [0.15, 0.2) is 29.0 Å². The highest BCUT2D eigenvalue weighted by atomic mass is 32.1. The summed E-state index contributed by atoms with van der Waals surface area (Å²) in [5, 5.41) is 7.38. The van der Waals surface area contributed by atoms with Gasteiger partial charge < -0.3 is 5.32 Å². The fourth-order valence-corrected chi connectivity index (χ4v) is 4.71. The Morgan fingerprint density at radius 1 is 1.41 bits per heavy atom. The van der Waals surface area contributed by atoms with Gasteiger partial charge in [-0.2, -0.15) is 0 Å². The summed E-state index contributed by atoms with van der Waals surface area (Å²) in [6.45, 7) is 5.58. The van der Waals surface area contributed by atoms with Crippen LogP contribution < -0.4 is 5.32 Å². The van der Waals surface area contributed by atoms with Gasteiger partial charge >= 0.3 is 0 Å². The SMILES string of the molecule is CC[C@H](C)NC(=O)CN1CCc2sccc2[C@H]1c1cccs1. The molecule has 2 aromatic heterocycles. The highest BCUT2D eigenvalue weighted by Crippen LogP contribution is 2.39. The number of carbonyl (C=O) groups is 1. The maximum Gasteiger partial charge on any atom is 0.234 e. The molecule has 0 saturated carbocycles. The molecule has 118 valence electrons. The van der Waals surface area contributed by atoms with E-state index < -0.39 is 0 Å². The summed E-state index contributed by atoms with van der Waals surface area (Å²) < 4.78 is 0. The minimum absolute atomic E-state index is 0.134. The number of fused-ring (bicyclic) bond motifs is 1. The second-order valence-electron chi connectivity index (χ2n) is 5.81. The van der Waals surface area contributed by atoms with Gasteiger partial charge in [0, 0.05) is 22.3 Å². The average Bonchev–Trinajstić information content (AvgIpc) is 3.17. The van der Waals surface area contributed by atoms with Crippen molar-refractivity contribution in [3.63, 3.8) is 0 Å². The van der Waals surface area contributed by atoms with Crippen LogP contribution >= 0.6 is 22.7 Å². The summed E-state index contributed by atoms with van der Waals surface area (Å²) in [5.74, 6) is 0.134. The second kappa shape index (κ2) is 6.94. The standard InChI is InChI=1S/C17H22N2OS2/c1-3-12(2)18-16(20)11-19-8-6-14-13(7-10-22-14)17(19)15-5-4-9-21-15/h4-5,7,9-10,12,17H,3,6,8,11H2,1-2H3,(H,18,20)/t12-,17-/m0/s1. The number of thiophene rings is 2. The lowest BCUT2D eigenvalue weighted by Crippen LogP contribution is -2.44. The zero-order valence-corrected chi connectivity index (χ0v) is 14.7. The van der Waals surface area contributed by atoms with Crippen LogP contribution in [0.5, 0.6) is 0 Å². The number of nitrogens with one attached hydrogen (secondary N) is 1. The zero-order chi connectivity index (χ0) is 15.5. The molecule has 1 aliphatic heterocycles. The lowest BCUT2D eigenvalue weighted by molar-refractivity contribution is -0.123. The highest BCUT2D eigenvalue weighted by molar-refractivity contribution is 7.10. The lowest BCUT2D eigenvalue weighted by atomic mass is 9.98. The summed E-state index contributed by atoms with van der Waals surface area (Å²) in [7, 11) is 0. The number of nitrogens with zero attached hydrogens (tertiary/aromatic N) is 1. The van der Waals surface area contributed by atoms with E-state index in [1.807, 2.05) is 11.3 Å². The van der Waals surface area contributed by atoms with Crippen LogP contribution in [0.25, 0.3) is 0 Å². The minimum atomic E-state index is 0.134. The smallest absolute Gasteiger partial charge is 0.234 e. The maximum absolute atomic E-state index is 12.3. The van der Waals surface area contributed by atoms with Gasteiger partial charge in [-0.3, -0.25) is 9.69 Å².